The van der Waals surface area contributed by atoms with Crippen LogP contribution in [-0.2, 0) is 11.3 Å². The maximum Gasteiger partial charge on any atom is 0.341 e. The molecule has 0 amide bonds. The zero-order chi connectivity index (χ0) is 16.1. The molecule has 0 saturated heterocycles. The molecule has 2 aromatic carbocycles. The molecule has 2 rings (SSSR count). The molecule has 0 heterocycles. The first-order valence-corrected chi connectivity index (χ1v) is 7.01. The van der Waals surface area contributed by atoms with Crippen LogP contribution >= 0.6 is 0 Å². The van der Waals surface area contributed by atoms with Crippen molar-refractivity contribution in [3.8, 4) is 11.5 Å². The van der Waals surface area contributed by atoms with Gasteiger partial charge in [0.1, 0.15) is 23.7 Å². The summed E-state index contributed by atoms with van der Waals surface area (Å²) in [6.07, 6.45) is 0. The van der Waals surface area contributed by atoms with Gasteiger partial charge in [-0.05, 0) is 31.0 Å². The van der Waals surface area contributed by atoms with Crippen LogP contribution in [0.2, 0.25) is 0 Å². The minimum atomic E-state index is -0.410. The second kappa shape index (κ2) is 6.98. The summed E-state index contributed by atoms with van der Waals surface area (Å²) < 4.78 is 16.1. The van der Waals surface area contributed by atoms with Crippen LogP contribution in [0.4, 0.5) is 0 Å². The molecule has 4 heteroatoms. The van der Waals surface area contributed by atoms with Gasteiger partial charge in [-0.2, -0.15) is 0 Å². The van der Waals surface area contributed by atoms with Gasteiger partial charge in [-0.15, -0.1) is 0 Å². The van der Waals surface area contributed by atoms with E-state index in [1.54, 1.807) is 0 Å². The van der Waals surface area contributed by atoms with Gasteiger partial charge in [0, 0.05) is 5.56 Å². The molecule has 0 fully saturated rings. The number of carbonyl (C=O) groups excluding carboxylic acids is 1. The number of esters is 1. The minimum absolute atomic E-state index is 0.410. The van der Waals surface area contributed by atoms with Gasteiger partial charge >= 0.3 is 5.97 Å². The summed E-state index contributed by atoms with van der Waals surface area (Å²) in [5.74, 6) is 0.785. The summed E-state index contributed by atoms with van der Waals surface area (Å²) in [5.41, 5.74) is 3.06. The third-order valence-electron chi connectivity index (χ3n) is 3.51. The summed E-state index contributed by atoms with van der Waals surface area (Å²) >= 11 is 0. The van der Waals surface area contributed by atoms with Crippen molar-refractivity contribution in [1.82, 2.24) is 0 Å². The number of rotatable bonds is 5. The largest absolute Gasteiger partial charge is 0.495 e. The molecule has 0 aliphatic carbocycles. The van der Waals surface area contributed by atoms with Gasteiger partial charge in [0.05, 0.1) is 14.2 Å². The summed E-state index contributed by atoms with van der Waals surface area (Å²) in [6, 6.07) is 11.8. The van der Waals surface area contributed by atoms with Crippen molar-refractivity contribution < 1.29 is 19.0 Å². The topological polar surface area (TPSA) is 44.8 Å². The fraction of sp³-hybridized carbons (Fsp3) is 0.278. The molecule has 22 heavy (non-hydrogen) atoms. The predicted molar refractivity (Wildman–Crippen MR) is 84.6 cm³/mol. The zero-order valence-electron chi connectivity index (χ0n) is 13.3. The van der Waals surface area contributed by atoms with E-state index in [2.05, 4.69) is 0 Å². The smallest absolute Gasteiger partial charge is 0.341 e. The zero-order valence-corrected chi connectivity index (χ0v) is 13.3. The van der Waals surface area contributed by atoms with Gasteiger partial charge in [0.25, 0.3) is 0 Å². The van der Waals surface area contributed by atoms with Crippen molar-refractivity contribution in [1.29, 1.82) is 0 Å². The Labute approximate surface area is 130 Å². The molecule has 0 radical (unpaired) electrons. The lowest BCUT2D eigenvalue weighted by Gasteiger charge is -2.17. The van der Waals surface area contributed by atoms with E-state index in [0.29, 0.717) is 23.7 Å². The van der Waals surface area contributed by atoms with E-state index in [9.17, 15) is 4.79 Å². The summed E-state index contributed by atoms with van der Waals surface area (Å²) in [7, 11) is 2.89. The molecule has 0 N–H and O–H groups in total. The summed E-state index contributed by atoms with van der Waals surface area (Å²) in [6.45, 7) is 4.16. The van der Waals surface area contributed by atoms with Crippen molar-refractivity contribution in [2.45, 2.75) is 20.5 Å². The summed E-state index contributed by atoms with van der Waals surface area (Å²) in [4.78, 5) is 11.9. The third-order valence-corrected chi connectivity index (χ3v) is 3.51. The van der Waals surface area contributed by atoms with E-state index >= 15 is 0 Å². The van der Waals surface area contributed by atoms with Gasteiger partial charge in [-0.1, -0.05) is 30.3 Å². The number of methoxy groups -OCH3 is 2. The molecule has 0 aliphatic heterocycles. The normalized spacial score (nSPS) is 10.2. The second-order valence-electron chi connectivity index (χ2n) is 4.99. The molecule has 0 aromatic heterocycles. The molecule has 4 nitrogen and oxygen atoms in total. The molecule has 116 valence electrons. The summed E-state index contributed by atoms with van der Waals surface area (Å²) in [5, 5.41) is 0. The fourth-order valence-corrected chi connectivity index (χ4v) is 2.35. The fourth-order valence-electron chi connectivity index (χ4n) is 2.35. The number of ether oxygens (including phenoxy) is 3. The average Bonchev–Trinajstić information content (AvgIpc) is 2.55. The number of hydrogen-bond acceptors (Lipinski definition) is 4. The number of aryl methyl sites for hydroxylation is 1. The van der Waals surface area contributed by atoms with Crippen LogP contribution in [0, 0.1) is 13.8 Å². The molecule has 2 aromatic rings. The number of carbonyl (C=O) groups is 1. The van der Waals surface area contributed by atoms with Crippen LogP contribution in [-0.4, -0.2) is 20.2 Å². The molecule has 0 atom stereocenters. The lowest BCUT2D eigenvalue weighted by Crippen LogP contribution is -2.09. The average molecular weight is 300 g/mol. The number of benzene rings is 2. The van der Waals surface area contributed by atoms with E-state index in [0.717, 1.165) is 16.7 Å². The van der Waals surface area contributed by atoms with Gasteiger partial charge in [0.2, 0.25) is 0 Å². The maximum absolute atomic E-state index is 11.9. The van der Waals surface area contributed by atoms with E-state index in [1.807, 2.05) is 50.2 Å². The minimum Gasteiger partial charge on any atom is -0.495 e. The Morgan fingerprint density at radius 1 is 1.09 bits per heavy atom. The SMILES string of the molecule is COC(=O)c1c(C)cc(OCc2ccccc2)c(C)c1OC. The molecular formula is C18H20O4. The Morgan fingerprint density at radius 2 is 1.77 bits per heavy atom. The quantitative estimate of drug-likeness (QED) is 0.790. The van der Waals surface area contributed by atoms with E-state index in [4.69, 9.17) is 14.2 Å². The van der Waals surface area contributed by atoms with Crippen LogP contribution in [0.3, 0.4) is 0 Å². The van der Waals surface area contributed by atoms with Gasteiger partial charge in [-0.25, -0.2) is 4.79 Å². The lowest BCUT2D eigenvalue weighted by atomic mass is 10.0. The third kappa shape index (κ3) is 3.22. The van der Waals surface area contributed by atoms with Crippen LogP contribution in [0.25, 0.3) is 0 Å². The van der Waals surface area contributed by atoms with E-state index in [1.165, 1.54) is 14.2 Å². The Morgan fingerprint density at radius 3 is 2.36 bits per heavy atom. The van der Waals surface area contributed by atoms with Gasteiger partial charge in [-0.3, -0.25) is 0 Å². The molecule has 0 spiro atoms. The van der Waals surface area contributed by atoms with E-state index < -0.39 is 5.97 Å². The first kappa shape index (κ1) is 15.9. The van der Waals surface area contributed by atoms with Crippen LogP contribution in [0.1, 0.15) is 27.0 Å². The van der Waals surface area contributed by atoms with Gasteiger partial charge < -0.3 is 14.2 Å². The first-order valence-electron chi connectivity index (χ1n) is 7.01. The van der Waals surface area contributed by atoms with Crippen LogP contribution in [0.5, 0.6) is 11.5 Å². The van der Waals surface area contributed by atoms with Crippen molar-refractivity contribution >= 4 is 5.97 Å². The van der Waals surface area contributed by atoms with Gasteiger partial charge in [0.15, 0.2) is 0 Å². The van der Waals surface area contributed by atoms with Crippen molar-refractivity contribution in [3.63, 3.8) is 0 Å². The highest BCUT2D eigenvalue weighted by atomic mass is 16.5. The Hall–Kier alpha value is -2.49. The molecular weight excluding hydrogens is 280 g/mol. The molecule has 0 unspecified atom stereocenters. The highest BCUT2D eigenvalue weighted by molar-refractivity contribution is 5.95. The Kier molecular flexibility index (Phi) is 5.04. The monoisotopic (exact) mass is 300 g/mol. The Balaban J connectivity index is 2.33. The van der Waals surface area contributed by atoms with E-state index in [-0.39, 0.29) is 0 Å². The highest BCUT2D eigenvalue weighted by Gasteiger charge is 2.21. The lowest BCUT2D eigenvalue weighted by molar-refractivity contribution is 0.0596. The predicted octanol–water partition coefficient (Wildman–Crippen LogP) is 3.68. The van der Waals surface area contributed by atoms with Crippen molar-refractivity contribution in [3.05, 3.63) is 58.7 Å². The second-order valence-corrected chi connectivity index (χ2v) is 4.99. The Bertz CT molecular complexity index is 663. The van der Waals surface area contributed by atoms with Crippen LogP contribution in [0.15, 0.2) is 36.4 Å². The number of hydrogen-bond donors (Lipinski definition) is 0. The molecule has 0 bridgehead atoms. The molecule has 0 saturated carbocycles. The van der Waals surface area contributed by atoms with Crippen molar-refractivity contribution in [2.24, 2.45) is 0 Å². The first-order chi connectivity index (χ1) is 10.6. The highest BCUT2D eigenvalue weighted by Crippen LogP contribution is 2.35. The van der Waals surface area contributed by atoms with Crippen molar-refractivity contribution in [2.75, 3.05) is 14.2 Å². The van der Waals surface area contributed by atoms with Crippen LogP contribution < -0.4 is 9.47 Å². The standard InChI is InChI=1S/C18H20O4/c1-12-10-15(22-11-14-8-6-5-7-9-14)13(2)17(20-3)16(12)18(19)21-4/h5-10H,11H2,1-4H3. The molecule has 0 aliphatic rings. The maximum atomic E-state index is 11.9.